The standard InChI is InChI=1S/C24H33N7O/c1-2-8-21(23-28-27-22-11-6-7-13-31(22)23)26-24(32)25-12-14-29-15-17-30(18-16-29)19-20-9-4-3-5-10-20/h3-7,9-11,13,21H,2,8,12,14-19H2,1H3,(H2,25,26,32). The molecule has 0 bridgehead atoms. The van der Waals surface area contributed by atoms with Gasteiger partial charge in [0.1, 0.15) is 0 Å². The SMILES string of the molecule is CCCC(NC(=O)NCCN1CCN(Cc2ccccc2)CC1)c1nnc2ccccn12. The molecule has 1 unspecified atom stereocenters. The van der Waals surface area contributed by atoms with Crippen LogP contribution in [0.1, 0.15) is 37.2 Å². The van der Waals surface area contributed by atoms with E-state index in [0.717, 1.165) is 63.6 Å². The Balaban J connectivity index is 1.20. The number of amides is 2. The van der Waals surface area contributed by atoms with Crippen LogP contribution in [0.3, 0.4) is 0 Å². The van der Waals surface area contributed by atoms with Crippen molar-refractivity contribution in [3.05, 3.63) is 66.1 Å². The molecule has 1 atom stereocenters. The van der Waals surface area contributed by atoms with Crippen molar-refractivity contribution in [1.29, 1.82) is 0 Å². The predicted octanol–water partition coefficient (Wildman–Crippen LogP) is 2.69. The number of hydrogen-bond acceptors (Lipinski definition) is 5. The van der Waals surface area contributed by atoms with E-state index in [2.05, 4.69) is 67.9 Å². The van der Waals surface area contributed by atoms with Crippen molar-refractivity contribution in [3.8, 4) is 0 Å². The van der Waals surface area contributed by atoms with Crippen LogP contribution in [0.4, 0.5) is 4.79 Å². The van der Waals surface area contributed by atoms with Crippen molar-refractivity contribution < 1.29 is 4.79 Å². The number of urea groups is 1. The summed E-state index contributed by atoms with van der Waals surface area (Å²) in [6, 6.07) is 16.1. The topological polar surface area (TPSA) is 77.8 Å². The number of carbonyl (C=O) groups excluding carboxylic acids is 1. The molecule has 3 heterocycles. The van der Waals surface area contributed by atoms with Gasteiger partial charge in [-0.05, 0) is 24.1 Å². The van der Waals surface area contributed by atoms with Crippen LogP contribution in [0.15, 0.2) is 54.7 Å². The lowest BCUT2D eigenvalue weighted by Gasteiger charge is -2.34. The Hall–Kier alpha value is -2.97. The zero-order chi connectivity index (χ0) is 22.2. The van der Waals surface area contributed by atoms with Gasteiger partial charge in [-0.25, -0.2) is 4.79 Å². The average Bonchev–Trinajstić information content (AvgIpc) is 3.25. The molecule has 2 N–H and O–H groups in total. The van der Waals surface area contributed by atoms with Crippen LogP contribution in [-0.2, 0) is 6.54 Å². The monoisotopic (exact) mass is 435 g/mol. The number of pyridine rings is 1. The Kier molecular flexibility index (Phi) is 7.68. The number of hydrogen-bond donors (Lipinski definition) is 2. The quantitative estimate of drug-likeness (QED) is 0.540. The fourth-order valence-electron chi connectivity index (χ4n) is 4.20. The molecule has 1 saturated heterocycles. The van der Waals surface area contributed by atoms with E-state index in [1.54, 1.807) is 0 Å². The Morgan fingerprint density at radius 3 is 2.53 bits per heavy atom. The summed E-state index contributed by atoms with van der Waals surface area (Å²) in [5.41, 5.74) is 2.15. The van der Waals surface area contributed by atoms with Crippen LogP contribution in [0.5, 0.6) is 0 Å². The Bertz CT molecular complexity index is 982. The van der Waals surface area contributed by atoms with E-state index in [0.29, 0.717) is 6.54 Å². The van der Waals surface area contributed by atoms with E-state index in [-0.39, 0.29) is 12.1 Å². The van der Waals surface area contributed by atoms with Crippen molar-refractivity contribution in [1.82, 2.24) is 35.0 Å². The number of aromatic nitrogens is 3. The lowest BCUT2D eigenvalue weighted by molar-refractivity contribution is 0.128. The normalized spacial score (nSPS) is 16.2. The van der Waals surface area contributed by atoms with Crippen LogP contribution in [-0.4, -0.2) is 69.7 Å². The van der Waals surface area contributed by atoms with Gasteiger partial charge in [-0.1, -0.05) is 49.7 Å². The van der Waals surface area contributed by atoms with Crippen LogP contribution >= 0.6 is 0 Å². The Labute approximate surface area is 189 Å². The minimum atomic E-state index is -0.168. The molecule has 0 radical (unpaired) electrons. The molecule has 3 aromatic rings. The average molecular weight is 436 g/mol. The first-order valence-corrected chi connectivity index (χ1v) is 11.6. The third-order valence-electron chi connectivity index (χ3n) is 5.96. The number of piperazine rings is 1. The third-order valence-corrected chi connectivity index (χ3v) is 5.96. The molecule has 1 aliphatic heterocycles. The van der Waals surface area contributed by atoms with E-state index < -0.39 is 0 Å². The number of fused-ring (bicyclic) bond motifs is 1. The molecule has 1 aliphatic rings. The van der Waals surface area contributed by atoms with Crippen LogP contribution in [0.2, 0.25) is 0 Å². The van der Waals surface area contributed by atoms with Crippen LogP contribution in [0.25, 0.3) is 5.65 Å². The number of rotatable bonds is 9. The van der Waals surface area contributed by atoms with Gasteiger partial charge in [-0.2, -0.15) is 0 Å². The van der Waals surface area contributed by atoms with E-state index in [9.17, 15) is 4.79 Å². The molecular formula is C24H33N7O. The van der Waals surface area contributed by atoms with E-state index in [1.807, 2.05) is 28.8 Å². The lowest BCUT2D eigenvalue weighted by atomic mass is 10.1. The van der Waals surface area contributed by atoms with Gasteiger partial charge in [-0.15, -0.1) is 10.2 Å². The first kappa shape index (κ1) is 22.2. The molecule has 4 rings (SSSR count). The van der Waals surface area contributed by atoms with Crippen molar-refractivity contribution in [3.63, 3.8) is 0 Å². The van der Waals surface area contributed by atoms with E-state index in [4.69, 9.17) is 0 Å². The number of benzene rings is 1. The van der Waals surface area contributed by atoms with Gasteiger partial charge in [0.15, 0.2) is 11.5 Å². The molecule has 0 spiro atoms. The van der Waals surface area contributed by atoms with Gasteiger partial charge in [-0.3, -0.25) is 14.2 Å². The largest absolute Gasteiger partial charge is 0.337 e. The Morgan fingerprint density at radius 2 is 1.75 bits per heavy atom. The van der Waals surface area contributed by atoms with Gasteiger partial charge in [0.05, 0.1) is 6.04 Å². The van der Waals surface area contributed by atoms with Crippen molar-refractivity contribution in [2.24, 2.45) is 0 Å². The zero-order valence-corrected chi connectivity index (χ0v) is 18.8. The number of nitrogens with zero attached hydrogens (tertiary/aromatic N) is 5. The number of carbonyl (C=O) groups is 1. The summed E-state index contributed by atoms with van der Waals surface area (Å²) >= 11 is 0. The van der Waals surface area contributed by atoms with Gasteiger partial charge in [0.2, 0.25) is 0 Å². The predicted molar refractivity (Wildman–Crippen MR) is 125 cm³/mol. The van der Waals surface area contributed by atoms with Gasteiger partial charge in [0, 0.05) is 52.0 Å². The summed E-state index contributed by atoms with van der Waals surface area (Å²) in [5.74, 6) is 0.770. The Morgan fingerprint density at radius 1 is 1.00 bits per heavy atom. The highest BCUT2D eigenvalue weighted by atomic mass is 16.2. The highest BCUT2D eigenvalue weighted by Crippen LogP contribution is 2.17. The first-order chi connectivity index (χ1) is 15.7. The summed E-state index contributed by atoms with van der Waals surface area (Å²) in [4.78, 5) is 17.5. The molecule has 8 nitrogen and oxygen atoms in total. The second-order valence-electron chi connectivity index (χ2n) is 8.33. The first-order valence-electron chi connectivity index (χ1n) is 11.6. The molecule has 170 valence electrons. The summed E-state index contributed by atoms with van der Waals surface area (Å²) in [5, 5.41) is 14.6. The minimum Gasteiger partial charge on any atom is -0.337 e. The maximum absolute atomic E-state index is 12.6. The van der Waals surface area contributed by atoms with Crippen molar-refractivity contribution in [2.75, 3.05) is 39.3 Å². The summed E-state index contributed by atoms with van der Waals surface area (Å²) in [6.45, 7) is 8.77. The van der Waals surface area contributed by atoms with E-state index >= 15 is 0 Å². The minimum absolute atomic E-state index is 0.154. The van der Waals surface area contributed by atoms with Crippen LogP contribution < -0.4 is 10.6 Å². The lowest BCUT2D eigenvalue weighted by Crippen LogP contribution is -2.49. The molecule has 1 aromatic carbocycles. The fourth-order valence-corrected chi connectivity index (χ4v) is 4.20. The maximum atomic E-state index is 12.6. The van der Waals surface area contributed by atoms with Crippen molar-refractivity contribution >= 4 is 11.7 Å². The molecule has 0 saturated carbocycles. The molecule has 0 aliphatic carbocycles. The second-order valence-corrected chi connectivity index (χ2v) is 8.33. The van der Waals surface area contributed by atoms with Gasteiger partial charge >= 0.3 is 6.03 Å². The molecule has 2 aromatic heterocycles. The van der Waals surface area contributed by atoms with Gasteiger partial charge < -0.3 is 10.6 Å². The molecule has 32 heavy (non-hydrogen) atoms. The summed E-state index contributed by atoms with van der Waals surface area (Å²) < 4.78 is 1.94. The van der Waals surface area contributed by atoms with Gasteiger partial charge in [0.25, 0.3) is 0 Å². The van der Waals surface area contributed by atoms with Crippen molar-refractivity contribution in [2.45, 2.75) is 32.4 Å². The smallest absolute Gasteiger partial charge is 0.315 e. The highest BCUT2D eigenvalue weighted by Gasteiger charge is 2.20. The van der Waals surface area contributed by atoms with E-state index in [1.165, 1.54) is 5.56 Å². The number of nitrogens with one attached hydrogen (secondary N) is 2. The maximum Gasteiger partial charge on any atom is 0.315 e. The third kappa shape index (κ3) is 5.83. The second kappa shape index (κ2) is 11.1. The fraction of sp³-hybridized carbons (Fsp3) is 0.458. The summed E-state index contributed by atoms with van der Waals surface area (Å²) in [7, 11) is 0. The molecule has 1 fully saturated rings. The molecular weight excluding hydrogens is 402 g/mol. The summed E-state index contributed by atoms with van der Waals surface area (Å²) in [6.07, 6.45) is 3.69. The zero-order valence-electron chi connectivity index (χ0n) is 18.8. The molecule has 2 amide bonds. The molecule has 8 heteroatoms. The highest BCUT2D eigenvalue weighted by molar-refractivity contribution is 5.74. The van der Waals surface area contributed by atoms with Crippen LogP contribution in [0, 0.1) is 0 Å².